The molecular formula is C19H18ClN3OS2. The van der Waals surface area contributed by atoms with E-state index in [0.29, 0.717) is 10.8 Å². The maximum atomic E-state index is 11.6. The number of nitrogens with zero attached hydrogens (tertiary/aromatic N) is 3. The second-order valence-electron chi connectivity index (χ2n) is 6.04. The molecule has 0 spiro atoms. The first-order valence-electron chi connectivity index (χ1n) is 8.39. The van der Waals surface area contributed by atoms with Crippen LogP contribution < -0.4 is 4.90 Å². The second kappa shape index (κ2) is 7.64. The first kappa shape index (κ1) is 17.9. The van der Waals surface area contributed by atoms with Gasteiger partial charge in [0, 0.05) is 28.6 Å². The number of para-hydroxylation sites is 1. The molecule has 0 aliphatic carbocycles. The molecule has 2 heterocycles. The quantitative estimate of drug-likeness (QED) is 0.796. The average molecular weight is 404 g/mol. The molecule has 1 N–H and O–H groups in total. The Balaban J connectivity index is 1.78. The van der Waals surface area contributed by atoms with Crippen LogP contribution in [0, 0.1) is 0 Å². The Labute approximate surface area is 166 Å². The summed E-state index contributed by atoms with van der Waals surface area (Å²) in [5.74, 6) is 1.52. The summed E-state index contributed by atoms with van der Waals surface area (Å²) in [6.45, 7) is 0.816. The van der Waals surface area contributed by atoms with E-state index in [2.05, 4.69) is 4.99 Å². The smallest absolute Gasteiger partial charge is 0.185 e. The van der Waals surface area contributed by atoms with Crippen molar-refractivity contribution in [1.82, 2.24) is 0 Å². The van der Waals surface area contributed by atoms with Crippen molar-refractivity contribution >= 4 is 51.1 Å². The van der Waals surface area contributed by atoms with Crippen molar-refractivity contribution in [3.05, 3.63) is 65.2 Å². The number of thioether (sulfide) groups is 2. The molecule has 1 atom stereocenters. The van der Waals surface area contributed by atoms with Gasteiger partial charge in [-0.05, 0) is 30.7 Å². The number of aliphatic imine (C=N–C) groups is 2. The number of rotatable bonds is 2. The number of aliphatic hydroxyl groups is 1. The van der Waals surface area contributed by atoms with Crippen LogP contribution in [0.5, 0.6) is 0 Å². The highest BCUT2D eigenvalue weighted by Crippen LogP contribution is 2.42. The standard InChI is InChI=1S/C19H18ClN3OS2/c20-15-9-7-14(8-10-15)19(24)13-26-18(22-17-21-11-4-12-25-17)23(19)16-5-2-1-3-6-16/h1-3,5-10,24H,4,11-13H2/t19-/m1/s1. The topological polar surface area (TPSA) is 48.2 Å². The van der Waals surface area contributed by atoms with Crippen LogP contribution in [0.2, 0.25) is 5.02 Å². The summed E-state index contributed by atoms with van der Waals surface area (Å²) in [5.41, 5.74) is 0.506. The van der Waals surface area contributed by atoms with Crippen LogP contribution >= 0.6 is 35.1 Å². The predicted molar refractivity (Wildman–Crippen MR) is 114 cm³/mol. The van der Waals surface area contributed by atoms with E-state index < -0.39 is 5.72 Å². The number of benzene rings is 2. The van der Waals surface area contributed by atoms with Crippen molar-refractivity contribution in [2.45, 2.75) is 12.1 Å². The van der Waals surface area contributed by atoms with Crippen LogP contribution in [0.25, 0.3) is 0 Å². The van der Waals surface area contributed by atoms with Gasteiger partial charge in [0.25, 0.3) is 0 Å². The summed E-state index contributed by atoms with van der Waals surface area (Å²) in [6.07, 6.45) is 1.09. The van der Waals surface area contributed by atoms with Crippen molar-refractivity contribution < 1.29 is 5.11 Å². The summed E-state index contributed by atoms with van der Waals surface area (Å²) >= 11 is 9.24. The maximum Gasteiger partial charge on any atom is 0.185 e. The van der Waals surface area contributed by atoms with E-state index in [9.17, 15) is 5.11 Å². The molecule has 4 nitrogen and oxygen atoms in total. The van der Waals surface area contributed by atoms with Crippen LogP contribution in [0.1, 0.15) is 12.0 Å². The Bertz CT molecular complexity index is 842. The lowest BCUT2D eigenvalue weighted by atomic mass is 10.0. The van der Waals surface area contributed by atoms with E-state index in [1.807, 2.05) is 47.4 Å². The minimum Gasteiger partial charge on any atom is -0.366 e. The Hall–Kier alpha value is -1.47. The Morgan fingerprint density at radius 1 is 1.08 bits per heavy atom. The highest BCUT2D eigenvalue weighted by Gasteiger charge is 2.46. The molecule has 2 aromatic rings. The number of hydrogen-bond donors (Lipinski definition) is 1. The van der Waals surface area contributed by atoms with Crippen LogP contribution in [-0.2, 0) is 5.72 Å². The molecule has 4 rings (SSSR count). The minimum absolute atomic E-state index is 0.486. The number of amidine groups is 2. The van der Waals surface area contributed by atoms with Gasteiger partial charge < -0.3 is 5.11 Å². The predicted octanol–water partition coefficient (Wildman–Crippen LogP) is 4.59. The van der Waals surface area contributed by atoms with Gasteiger partial charge in [-0.1, -0.05) is 65.5 Å². The molecule has 1 fully saturated rings. The Morgan fingerprint density at radius 2 is 1.85 bits per heavy atom. The van der Waals surface area contributed by atoms with Crippen LogP contribution in [-0.4, -0.2) is 33.5 Å². The van der Waals surface area contributed by atoms with Gasteiger partial charge in [0.1, 0.15) is 0 Å². The highest BCUT2D eigenvalue weighted by molar-refractivity contribution is 8.15. The van der Waals surface area contributed by atoms with Crippen molar-refractivity contribution in [1.29, 1.82) is 0 Å². The molecule has 0 amide bonds. The van der Waals surface area contributed by atoms with Gasteiger partial charge in [0.15, 0.2) is 16.1 Å². The van der Waals surface area contributed by atoms with Gasteiger partial charge in [-0.15, -0.1) is 0 Å². The van der Waals surface area contributed by atoms with Crippen LogP contribution in [0.3, 0.4) is 0 Å². The third-order valence-corrected chi connectivity index (χ3v) is 6.56. The molecule has 2 aliphatic heterocycles. The first-order valence-corrected chi connectivity index (χ1v) is 10.7. The summed E-state index contributed by atoms with van der Waals surface area (Å²) in [4.78, 5) is 11.2. The lowest BCUT2D eigenvalue weighted by Gasteiger charge is -2.34. The van der Waals surface area contributed by atoms with Crippen molar-refractivity contribution in [3.8, 4) is 0 Å². The van der Waals surface area contributed by atoms with E-state index in [1.54, 1.807) is 35.7 Å². The molecular weight excluding hydrogens is 386 g/mol. The van der Waals surface area contributed by atoms with E-state index in [-0.39, 0.29) is 0 Å². The summed E-state index contributed by atoms with van der Waals surface area (Å²) < 4.78 is 0. The van der Waals surface area contributed by atoms with Gasteiger partial charge in [-0.2, -0.15) is 4.99 Å². The molecule has 0 unspecified atom stereocenters. The number of anilines is 1. The van der Waals surface area contributed by atoms with E-state index >= 15 is 0 Å². The normalized spacial score (nSPS) is 24.8. The zero-order chi connectivity index (χ0) is 18.0. The molecule has 2 aliphatic rings. The molecule has 0 radical (unpaired) electrons. The highest BCUT2D eigenvalue weighted by atomic mass is 35.5. The summed E-state index contributed by atoms with van der Waals surface area (Å²) in [6, 6.07) is 17.2. The zero-order valence-corrected chi connectivity index (χ0v) is 16.4. The molecule has 0 saturated carbocycles. The largest absolute Gasteiger partial charge is 0.366 e. The average Bonchev–Trinajstić information content (AvgIpc) is 3.01. The minimum atomic E-state index is -1.19. The molecule has 26 heavy (non-hydrogen) atoms. The van der Waals surface area contributed by atoms with Crippen molar-refractivity contribution in [2.75, 3.05) is 23.0 Å². The third kappa shape index (κ3) is 3.51. The fourth-order valence-electron chi connectivity index (χ4n) is 2.96. The molecule has 134 valence electrons. The number of halogens is 1. The van der Waals surface area contributed by atoms with Gasteiger partial charge in [0.2, 0.25) is 0 Å². The monoisotopic (exact) mass is 403 g/mol. The third-order valence-electron chi connectivity index (χ3n) is 4.26. The van der Waals surface area contributed by atoms with E-state index in [1.165, 1.54) is 0 Å². The first-order chi connectivity index (χ1) is 12.7. The fraction of sp³-hybridized carbons (Fsp3) is 0.263. The number of hydrogen-bond acceptors (Lipinski definition) is 5. The maximum absolute atomic E-state index is 11.6. The van der Waals surface area contributed by atoms with Crippen LogP contribution in [0.15, 0.2) is 64.6 Å². The van der Waals surface area contributed by atoms with Crippen molar-refractivity contribution in [2.24, 2.45) is 9.98 Å². The molecule has 0 aromatic heterocycles. The summed E-state index contributed by atoms with van der Waals surface area (Å²) in [5, 5.41) is 13.8. The molecule has 2 aromatic carbocycles. The molecule has 0 bridgehead atoms. The van der Waals surface area contributed by atoms with Crippen molar-refractivity contribution in [3.63, 3.8) is 0 Å². The summed E-state index contributed by atoms with van der Waals surface area (Å²) in [7, 11) is 0. The van der Waals surface area contributed by atoms with E-state index in [0.717, 1.165) is 40.3 Å². The van der Waals surface area contributed by atoms with Gasteiger partial charge in [-0.3, -0.25) is 9.89 Å². The lowest BCUT2D eigenvalue weighted by molar-refractivity contribution is 0.0768. The van der Waals surface area contributed by atoms with Gasteiger partial charge in [0.05, 0.1) is 5.75 Å². The van der Waals surface area contributed by atoms with E-state index in [4.69, 9.17) is 16.6 Å². The SMILES string of the molecule is O[C@@]1(c2ccc(Cl)cc2)CSC(=NC2=NCCCS2)N1c1ccccc1. The van der Waals surface area contributed by atoms with Gasteiger partial charge >= 0.3 is 0 Å². The second-order valence-corrected chi connectivity index (χ2v) is 8.48. The molecule has 7 heteroatoms. The Kier molecular flexibility index (Phi) is 5.27. The zero-order valence-electron chi connectivity index (χ0n) is 14.0. The molecule has 1 saturated heterocycles. The fourth-order valence-corrected chi connectivity index (χ4v) is 5.10. The van der Waals surface area contributed by atoms with Crippen LogP contribution in [0.4, 0.5) is 5.69 Å². The lowest BCUT2D eigenvalue weighted by Crippen LogP contribution is -2.45. The van der Waals surface area contributed by atoms with Gasteiger partial charge in [-0.25, -0.2) is 0 Å². The Morgan fingerprint density at radius 3 is 2.54 bits per heavy atom.